The maximum atomic E-state index is 5.35. The van der Waals surface area contributed by atoms with Crippen molar-refractivity contribution >= 4 is 23.1 Å². The Morgan fingerprint density at radius 2 is 2.10 bits per heavy atom. The molecule has 0 bridgehead atoms. The zero-order valence-corrected chi connectivity index (χ0v) is 12.4. The molecule has 0 saturated heterocycles. The number of aromatic nitrogens is 1. The molecule has 2 aromatic rings. The molecular formula is C15H15N3O2S. The van der Waals surface area contributed by atoms with E-state index in [0.29, 0.717) is 11.7 Å². The summed E-state index contributed by atoms with van der Waals surface area (Å²) in [6.07, 6.45) is 0. The van der Waals surface area contributed by atoms with E-state index in [9.17, 15) is 0 Å². The fourth-order valence-electron chi connectivity index (χ4n) is 2.01. The van der Waals surface area contributed by atoms with Gasteiger partial charge >= 0.3 is 0 Å². The Hall–Kier alpha value is -2.34. The van der Waals surface area contributed by atoms with Crippen molar-refractivity contribution in [2.45, 2.75) is 13.5 Å². The normalized spacial score (nSPS) is 12.0. The summed E-state index contributed by atoms with van der Waals surface area (Å²) in [6, 6.07) is 11.6. The molecule has 0 spiro atoms. The quantitative estimate of drug-likeness (QED) is 0.850. The largest absolute Gasteiger partial charge is 0.454 e. The molecular weight excluding hydrogens is 286 g/mol. The average Bonchev–Trinajstić information content (AvgIpc) is 2.92. The molecule has 0 radical (unpaired) electrons. The Balaban J connectivity index is 1.56. The molecule has 0 atom stereocenters. The Bertz CT molecular complexity index is 676. The summed E-state index contributed by atoms with van der Waals surface area (Å²) in [7, 11) is 0. The van der Waals surface area contributed by atoms with Crippen molar-refractivity contribution in [2.24, 2.45) is 0 Å². The number of fused-ring (bicyclic) bond motifs is 1. The Kier molecular flexibility index (Phi) is 3.87. The molecule has 5 nitrogen and oxygen atoms in total. The van der Waals surface area contributed by atoms with Gasteiger partial charge in [0.05, 0.1) is 0 Å². The average molecular weight is 301 g/mol. The predicted molar refractivity (Wildman–Crippen MR) is 84.6 cm³/mol. The highest BCUT2D eigenvalue weighted by atomic mass is 32.1. The van der Waals surface area contributed by atoms with Gasteiger partial charge in [-0.05, 0) is 49.0 Å². The maximum absolute atomic E-state index is 5.35. The number of rotatable bonds is 3. The summed E-state index contributed by atoms with van der Waals surface area (Å²) in [4.78, 5) is 4.34. The van der Waals surface area contributed by atoms with Gasteiger partial charge in [0.25, 0.3) is 0 Å². The molecule has 1 aromatic heterocycles. The molecule has 3 rings (SSSR count). The lowest BCUT2D eigenvalue weighted by Crippen LogP contribution is -2.28. The van der Waals surface area contributed by atoms with Crippen LogP contribution in [0.15, 0.2) is 36.4 Å². The van der Waals surface area contributed by atoms with Crippen molar-refractivity contribution in [3.8, 4) is 11.5 Å². The van der Waals surface area contributed by atoms with Crippen molar-refractivity contribution in [1.29, 1.82) is 0 Å². The van der Waals surface area contributed by atoms with Crippen LogP contribution in [0.5, 0.6) is 11.5 Å². The number of hydrogen-bond acceptors (Lipinski definition) is 4. The van der Waals surface area contributed by atoms with E-state index in [1.165, 1.54) is 0 Å². The number of aryl methyl sites for hydroxylation is 1. The molecule has 0 fully saturated rings. The Morgan fingerprint density at radius 3 is 2.95 bits per heavy atom. The fraction of sp³-hybridized carbons (Fsp3) is 0.200. The zero-order valence-electron chi connectivity index (χ0n) is 11.6. The van der Waals surface area contributed by atoms with Crippen LogP contribution in [-0.2, 0) is 6.54 Å². The predicted octanol–water partition coefficient (Wildman–Crippen LogP) is 2.61. The van der Waals surface area contributed by atoms with Crippen molar-refractivity contribution in [3.63, 3.8) is 0 Å². The molecule has 0 amide bonds. The second-order valence-corrected chi connectivity index (χ2v) is 5.07. The molecule has 0 saturated carbocycles. The van der Waals surface area contributed by atoms with Gasteiger partial charge in [0.15, 0.2) is 16.6 Å². The molecule has 6 heteroatoms. The first-order chi connectivity index (χ1) is 10.2. The van der Waals surface area contributed by atoms with Gasteiger partial charge in [0.2, 0.25) is 6.79 Å². The number of thiocarbonyl (C=S) groups is 1. The second kappa shape index (κ2) is 5.97. The minimum atomic E-state index is 0.283. The summed E-state index contributed by atoms with van der Waals surface area (Å²) in [6.45, 7) is 2.83. The smallest absolute Gasteiger partial charge is 0.231 e. The van der Waals surface area contributed by atoms with Gasteiger partial charge in [0.1, 0.15) is 5.82 Å². The number of nitrogens with one attached hydrogen (secondary N) is 2. The fourth-order valence-corrected chi connectivity index (χ4v) is 2.18. The Morgan fingerprint density at radius 1 is 1.24 bits per heavy atom. The topological polar surface area (TPSA) is 55.4 Å². The van der Waals surface area contributed by atoms with E-state index in [2.05, 4.69) is 15.6 Å². The van der Waals surface area contributed by atoms with Crippen LogP contribution in [-0.4, -0.2) is 16.9 Å². The molecule has 1 aliphatic rings. The van der Waals surface area contributed by atoms with E-state index in [4.69, 9.17) is 21.7 Å². The van der Waals surface area contributed by atoms with Gasteiger partial charge < -0.3 is 20.1 Å². The summed E-state index contributed by atoms with van der Waals surface area (Å²) >= 11 is 5.26. The van der Waals surface area contributed by atoms with Gasteiger partial charge in [-0.25, -0.2) is 4.98 Å². The number of ether oxygens (including phenoxy) is 2. The zero-order chi connectivity index (χ0) is 14.7. The van der Waals surface area contributed by atoms with E-state index in [-0.39, 0.29) is 6.79 Å². The van der Waals surface area contributed by atoms with Gasteiger partial charge in [-0.1, -0.05) is 12.1 Å². The Labute approximate surface area is 128 Å². The SMILES string of the molecule is Cc1cccc(NC(=S)NCc2ccc3c(c2)OCO3)n1. The molecule has 21 heavy (non-hydrogen) atoms. The molecule has 108 valence electrons. The highest BCUT2D eigenvalue weighted by Crippen LogP contribution is 2.32. The van der Waals surface area contributed by atoms with E-state index < -0.39 is 0 Å². The van der Waals surface area contributed by atoms with Gasteiger partial charge in [-0.3, -0.25) is 0 Å². The third-order valence-electron chi connectivity index (χ3n) is 3.02. The van der Waals surface area contributed by atoms with Crippen LogP contribution in [0, 0.1) is 6.92 Å². The first-order valence-electron chi connectivity index (χ1n) is 6.58. The van der Waals surface area contributed by atoms with Gasteiger partial charge in [0, 0.05) is 12.2 Å². The highest BCUT2D eigenvalue weighted by molar-refractivity contribution is 7.80. The second-order valence-electron chi connectivity index (χ2n) is 4.66. The molecule has 2 heterocycles. The van der Waals surface area contributed by atoms with Crippen LogP contribution in [0.4, 0.5) is 5.82 Å². The van der Waals surface area contributed by atoms with Crippen molar-refractivity contribution < 1.29 is 9.47 Å². The number of pyridine rings is 1. The first-order valence-corrected chi connectivity index (χ1v) is 6.98. The van der Waals surface area contributed by atoms with Crippen LogP contribution < -0.4 is 20.1 Å². The van der Waals surface area contributed by atoms with E-state index >= 15 is 0 Å². The molecule has 1 aromatic carbocycles. The molecule has 0 aliphatic carbocycles. The van der Waals surface area contributed by atoms with Crippen LogP contribution in [0.25, 0.3) is 0 Å². The monoisotopic (exact) mass is 301 g/mol. The van der Waals surface area contributed by atoms with Gasteiger partial charge in [-0.15, -0.1) is 0 Å². The van der Waals surface area contributed by atoms with Crippen LogP contribution >= 0.6 is 12.2 Å². The first kappa shape index (κ1) is 13.6. The molecule has 1 aliphatic heterocycles. The van der Waals surface area contributed by atoms with Crippen molar-refractivity contribution in [1.82, 2.24) is 10.3 Å². The van der Waals surface area contributed by atoms with E-state index in [1.807, 2.05) is 43.3 Å². The maximum Gasteiger partial charge on any atom is 0.231 e. The van der Waals surface area contributed by atoms with Crippen LogP contribution in [0.1, 0.15) is 11.3 Å². The highest BCUT2D eigenvalue weighted by Gasteiger charge is 2.13. The third-order valence-corrected chi connectivity index (χ3v) is 3.27. The number of hydrogen-bond donors (Lipinski definition) is 2. The standard InChI is InChI=1S/C15H15N3O2S/c1-10-3-2-4-14(17-10)18-15(21)16-8-11-5-6-12-13(7-11)20-9-19-12/h2-7H,8-9H2,1H3,(H2,16,17,18,21). The molecule has 2 N–H and O–H groups in total. The summed E-state index contributed by atoms with van der Waals surface area (Å²) in [5.41, 5.74) is 2.01. The van der Waals surface area contributed by atoms with E-state index in [1.54, 1.807) is 0 Å². The van der Waals surface area contributed by atoms with Crippen LogP contribution in [0.3, 0.4) is 0 Å². The third kappa shape index (κ3) is 3.41. The lowest BCUT2D eigenvalue weighted by Gasteiger charge is -2.10. The summed E-state index contributed by atoms with van der Waals surface area (Å²) < 4.78 is 10.6. The lowest BCUT2D eigenvalue weighted by atomic mass is 10.2. The van der Waals surface area contributed by atoms with Crippen LogP contribution in [0.2, 0.25) is 0 Å². The number of nitrogens with zero attached hydrogens (tertiary/aromatic N) is 1. The lowest BCUT2D eigenvalue weighted by molar-refractivity contribution is 0.174. The number of benzene rings is 1. The van der Waals surface area contributed by atoms with Gasteiger partial charge in [-0.2, -0.15) is 0 Å². The minimum Gasteiger partial charge on any atom is -0.454 e. The van der Waals surface area contributed by atoms with Crippen molar-refractivity contribution in [3.05, 3.63) is 47.7 Å². The molecule has 0 unspecified atom stereocenters. The summed E-state index contributed by atoms with van der Waals surface area (Å²) in [5, 5.41) is 6.73. The summed E-state index contributed by atoms with van der Waals surface area (Å²) in [5.74, 6) is 2.29. The van der Waals surface area contributed by atoms with Crippen molar-refractivity contribution in [2.75, 3.05) is 12.1 Å². The number of anilines is 1. The van der Waals surface area contributed by atoms with E-state index in [0.717, 1.165) is 28.6 Å². The minimum absolute atomic E-state index is 0.283.